The van der Waals surface area contributed by atoms with Crippen LogP contribution >= 0.6 is 22.9 Å². The Labute approximate surface area is 203 Å². The van der Waals surface area contributed by atoms with Crippen LogP contribution in [-0.2, 0) is 0 Å². The van der Waals surface area contributed by atoms with Gasteiger partial charge in [-0.2, -0.15) is 10.3 Å². The van der Waals surface area contributed by atoms with Gasteiger partial charge >= 0.3 is 5.88 Å². The molecule has 0 unspecified atom stereocenters. The molecule has 0 spiro atoms. The minimum Gasteiger partial charge on any atom is -0.397 e. The van der Waals surface area contributed by atoms with Crippen LogP contribution in [0.4, 0.5) is 17.4 Å². The molecule has 0 bridgehead atoms. The van der Waals surface area contributed by atoms with E-state index in [1.54, 1.807) is 35.3 Å². The van der Waals surface area contributed by atoms with Crippen molar-refractivity contribution >= 4 is 56.5 Å². The maximum Gasteiger partial charge on any atom is 0.306 e. The van der Waals surface area contributed by atoms with Crippen LogP contribution in [0.15, 0.2) is 35.0 Å². The molecule has 3 aromatic heterocycles. The van der Waals surface area contributed by atoms with E-state index >= 15 is 0 Å². The predicted octanol–water partition coefficient (Wildman–Crippen LogP) is 3.30. The number of hydrogen-bond acceptors (Lipinski definition) is 9. The Hall–Kier alpha value is -3.88. The molecule has 0 atom stereocenters. The number of nitrogens with two attached hydrogens (primary N) is 2. The maximum atomic E-state index is 13.1. The lowest BCUT2D eigenvalue weighted by atomic mass is 9.97. The van der Waals surface area contributed by atoms with Crippen LogP contribution in [0.1, 0.15) is 34.5 Å². The number of amides is 1. The van der Waals surface area contributed by atoms with Crippen molar-refractivity contribution in [3.8, 4) is 17.2 Å². The van der Waals surface area contributed by atoms with Crippen LogP contribution in [0.5, 0.6) is 0 Å². The number of nitrogens with one attached hydrogen (secondary N) is 1. The van der Waals surface area contributed by atoms with Gasteiger partial charge in [-0.15, -0.1) is 11.3 Å². The Bertz CT molecular complexity index is 1430. The SMILES string of the molecule is N#Cc1c(N)nc2sc(C(=O)Nc3c[n+](N4CCCCC4)no3)c(N)c2c1-c1ccc(Cl)cc1. The Kier molecular flexibility index (Phi) is 5.69. The largest absolute Gasteiger partial charge is 0.397 e. The molecule has 5 rings (SSSR count). The van der Waals surface area contributed by atoms with Gasteiger partial charge in [0.1, 0.15) is 27.2 Å². The molecule has 10 nitrogen and oxygen atoms in total. The summed E-state index contributed by atoms with van der Waals surface area (Å²) in [5, 5.41) is 19.5. The van der Waals surface area contributed by atoms with E-state index in [2.05, 4.69) is 21.6 Å². The average Bonchev–Trinajstić information content (AvgIpc) is 3.44. The fourth-order valence-corrected chi connectivity index (χ4v) is 5.17. The van der Waals surface area contributed by atoms with Gasteiger partial charge in [-0.25, -0.2) is 4.98 Å². The summed E-state index contributed by atoms with van der Waals surface area (Å²) >= 11 is 7.12. The zero-order chi connectivity index (χ0) is 23.8. The van der Waals surface area contributed by atoms with Gasteiger partial charge in [0.05, 0.1) is 23.6 Å². The zero-order valence-electron chi connectivity index (χ0n) is 17.9. The minimum atomic E-state index is -0.471. The lowest BCUT2D eigenvalue weighted by molar-refractivity contribution is -0.759. The van der Waals surface area contributed by atoms with Crippen molar-refractivity contribution in [2.45, 2.75) is 19.3 Å². The Morgan fingerprint density at radius 3 is 2.68 bits per heavy atom. The number of nitrogens with zero attached hydrogens (tertiary/aromatic N) is 5. The molecule has 0 aliphatic carbocycles. The van der Waals surface area contributed by atoms with Crippen molar-refractivity contribution in [3.05, 3.63) is 45.9 Å². The molecule has 1 aromatic carbocycles. The van der Waals surface area contributed by atoms with E-state index in [0.29, 0.717) is 26.4 Å². The van der Waals surface area contributed by atoms with E-state index in [4.69, 9.17) is 27.6 Å². The standard InChI is InChI=1S/C22H19ClN8O2S/c23-13-6-4-12(5-7-13)16-14(10-24)20(26)28-22-17(16)18(25)19(34-22)21(32)27-15-11-31(29-33-15)30-8-2-1-3-9-30/h4-7,11H,1-3,8-9H2,(H4-,25,26,27,28,29,32)/p+1. The maximum absolute atomic E-state index is 13.1. The average molecular weight is 496 g/mol. The number of piperidine rings is 1. The topological polar surface area (TPSA) is 151 Å². The second-order valence-corrected chi connectivity index (χ2v) is 9.28. The van der Waals surface area contributed by atoms with E-state index in [-0.39, 0.29) is 27.8 Å². The molecule has 5 N–H and O–H groups in total. The van der Waals surface area contributed by atoms with E-state index in [0.717, 1.165) is 37.3 Å². The minimum absolute atomic E-state index is 0.0611. The molecule has 34 heavy (non-hydrogen) atoms. The highest BCUT2D eigenvalue weighted by molar-refractivity contribution is 7.21. The van der Waals surface area contributed by atoms with Crippen molar-refractivity contribution in [2.24, 2.45) is 0 Å². The van der Waals surface area contributed by atoms with E-state index in [1.165, 1.54) is 6.42 Å². The monoisotopic (exact) mass is 495 g/mol. The first-order valence-corrected chi connectivity index (χ1v) is 11.8. The molecule has 1 amide bonds. The third kappa shape index (κ3) is 3.87. The Balaban J connectivity index is 1.52. The van der Waals surface area contributed by atoms with Crippen LogP contribution in [0.3, 0.4) is 0 Å². The number of thiophene rings is 1. The first-order valence-electron chi connectivity index (χ1n) is 10.6. The number of pyridine rings is 1. The molecule has 0 saturated carbocycles. The molecule has 12 heteroatoms. The molecule has 1 aliphatic rings. The molecule has 4 aromatic rings. The number of carbonyl (C=O) groups excluding carboxylic acids is 1. The summed E-state index contributed by atoms with van der Waals surface area (Å²) in [7, 11) is 0. The summed E-state index contributed by atoms with van der Waals surface area (Å²) in [5.41, 5.74) is 14.1. The van der Waals surface area contributed by atoms with Crippen molar-refractivity contribution in [1.29, 1.82) is 5.26 Å². The quantitative estimate of drug-likeness (QED) is 0.365. The number of benzene rings is 1. The lowest BCUT2D eigenvalue weighted by Gasteiger charge is -2.17. The molecule has 1 aliphatic heterocycles. The van der Waals surface area contributed by atoms with Gasteiger partial charge < -0.3 is 11.5 Å². The van der Waals surface area contributed by atoms with Crippen LogP contribution in [-0.4, -0.2) is 29.3 Å². The summed E-state index contributed by atoms with van der Waals surface area (Å²) < 4.78 is 5.30. The second-order valence-electron chi connectivity index (χ2n) is 7.85. The molecule has 4 heterocycles. The fraction of sp³-hybridized carbons (Fsp3) is 0.227. The van der Waals surface area contributed by atoms with Crippen LogP contribution in [0.2, 0.25) is 5.02 Å². The van der Waals surface area contributed by atoms with E-state index in [1.807, 2.05) is 5.01 Å². The van der Waals surface area contributed by atoms with Crippen molar-refractivity contribution in [2.75, 3.05) is 34.9 Å². The highest BCUT2D eigenvalue weighted by Crippen LogP contribution is 2.42. The van der Waals surface area contributed by atoms with Crippen molar-refractivity contribution in [1.82, 2.24) is 10.3 Å². The van der Waals surface area contributed by atoms with Gasteiger partial charge in [0.25, 0.3) is 12.1 Å². The molecular formula is C22H20ClN8O2S+. The highest BCUT2D eigenvalue weighted by Gasteiger charge is 2.27. The molecule has 0 radical (unpaired) electrons. The number of halogens is 1. The fourth-order valence-electron chi connectivity index (χ4n) is 4.03. The first-order chi connectivity index (χ1) is 16.5. The molecule has 172 valence electrons. The number of aromatic nitrogens is 3. The van der Waals surface area contributed by atoms with Crippen LogP contribution < -0.4 is 26.6 Å². The number of nitriles is 1. The summed E-state index contributed by atoms with van der Waals surface area (Å²) in [4.78, 5) is 19.7. The van der Waals surface area contributed by atoms with Gasteiger partial charge in [-0.1, -0.05) is 23.7 Å². The molecule has 1 saturated heterocycles. The molecular weight excluding hydrogens is 476 g/mol. The Morgan fingerprint density at radius 2 is 1.97 bits per heavy atom. The number of fused-ring (bicyclic) bond motifs is 1. The van der Waals surface area contributed by atoms with Gasteiger partial charge in [-0.05, 0) is 37.0 Å². The normalized spacial score (nSPS) is 13.7. The third-order valence-electron chi connectivity index (χ3n) is 5.67. The summed E-state index contributed by atoms with van der Waals surface area (Å²) in [6, 6.07) is 9.05. The molecule has 1 fully saturated rings. The van der Waals surface area contributed by atoms with Crippen molar-refractivity contribution < 1.29 is 14.1 Å². The van der Waals surface area contributed by atoms with Crippen LogP contribution in [0, 0.1) is 11.3 Å². The lowest BCUT2D eigenvalue weighted by Crippen LogP contribution is -2.60. The van der Waals surface area contributed by atoms with Crippen LogP contribution in [0.25, 0.3) is 21.3 Å². The number of rotatable bonds is 4. The van der Waals surface area contributed by atoms with Gasteiger partial charge in [0.2, 0.25) is 5.27 Å². The van der Waals surface area contributed by atoms with Gasteiger partial charge in [-0.3, -0.25) is 14.6 Å². The summed E-state index contributed by atoms with van der Waals surface area (Å²) in [6.45, 7) is 1.74. The first kappa shape index (κ1) is 21.9. The highest BCUT2D eigenvalue weighted by atomic mass is 35.5. The van der Waals surface area contributed by atoms with E-state index in [9.17, 15) is 10.1 Å². The number of anilines is 3. The predicted molar refractivity (Wildman–Crippen MR) is 130 cm³/mol. The smallest absolute Gasteiger partial charge is 0.306 e. The number of hydrogen-bond donors (Lipinski definition) is 3. The number of carbonyl (C=O) groups is 1. The van der Waals surface area contributed by atoms with Gasteiger partial charge in [0, 0.05) is 16.0 Å². The van der Waals surface area contributed by atoms with Crippen molar-refractivity contribution in [3.63, 3.8) is 0 Å². The zero-order valence-corrected chi connectivity index (χ0v) is 19.5. The third-order valence-corrected chi connectivity index (χ3v) is 7.02. The number of nitrogen functional groups attached to an aromatic ring is 2. The second kappa shape index (κ2) is 8.81. The summed E-state index contributed by atoms with van der Waals surface area (Å²) in [5.74, 6) is -0.219. The Morgan fingerprint density at radius 1 is 1.24 bits per heavy atom. The van der Waals surface area contributed by atoms with E-state index < -0.39 is 5.91 Å². The summed E-state index contributed by atoms with van der Waals surface area (Å²) in [6.07, 6.45) is 4.97. The van der Waals surface area contributed by atoms with Gasteiger partial charge in [0.15, 0.2) is 0 Å².